The second kappa shape index (κ2) is 12.4. The first kappa shape index (κ1) is 32.3. The first-order chi connectivity index (χ1) is 27.5. The molecule has 10 aromatic rings. The van der Waals surface area contributed by atoms with E-state index in [1.54, 1.807) is 0 Å². The van der Waals surface area contributed by atoms with E-state index in [1.165, 1.54) is 33.0 Å². The van der Waals surface area contributed by atoms with Gasteiger partial charge in [0, 0.05) is 32.9 Å². The summed E-state index contributed by atoms with van der Waals surface area (Å²) in [7, 11) is 0. The molecule has 0 radical (unpaired) electrons. The molecule has 0 spiro atoms. The Balaban J connectivity index is 1.17. The van der Waals surface area contributed by atoms with E-state index < -0.39 is 0 Å². The highest BCUT2D eigenvalue weighted by Crippen LogP contribution is 2.51. The fourth-order valence-corrected chi connectivity index (χ4v) is 8.71. The normalized spacial score (nSPS) is 13.0. The maximum Gasteiger partial charge on any atom is 0.164 e. The molecule has 0 amide bonds. The van der Waals surface area contributed by atoms with E-state index in [4.69, 9.17) is 19.4 Å². The Morgan fingerprint density at radius 1 is 0.375 bits per heavy atom. The molecule has 0 bridgehead atoms. The van der Waals surface area contributed by atoms with Gasteiger partial charge < -0.3 is 4.42 Å². The second-order valence-corrected chi connectivity index (χ2v) is 15.2. The quantitative estimate of drug-likeness (QED) is 0.178. The summed E-state index contributed by atoms with van der Waals surface area (Å²) in [4.78, 5) is 15.5. The first-order valence-corrected chi connectivity index (χ1v) is 19.1. The summed E-state index contributed by atoms with van der Waals surface area (Å²) < 4.78 is 6.79. The molecular formula is C52H35N3O. The van der Waals surface area contributed by atoms with Gasteiger partial charge in [0.2, 0.25) is 0 Å². The van der Waals surface area contributed by atoms with Crippen molar-refractivity contribution >= 4 is 32.7 Å². The van der Waals surface area contributed by atoms with Crippen LogP contribution >= 0.6 is 0 Å². The van der Waals surface area contributed by atoms with E-state index in [9.17, 15) is 0 Å². The molecule has 0 N–H and O–H groups in total. The molecule has 4 heteroatoms. The molecule has 0 saturated carbocycles. The molecule has 0 aliphatic heterocycles. The van der Waals surface area contributed by atoms with Crippen LogP contribution in [0.5, 0.6) is 0 Å². The molecule has 8 aromatic carbocycles. The Hall–Kier alpha value is -7.17. The van der Waals surface area contributed by atoms with Crippen LogP contribution in [0.2, 0.25) is 0 Å². The summed E-state index contributed by atoms with van der Waals surface area (Å²) in [6.45, 7) is 4.66. The summed E-state index contributed by atoms with van der Waals surface area (Å²) in [6.07, 6.45) is 0. The molecule has 1 aliphatic carbocycles. The molecule has 0 unspecified atom stereocenters. The number of hydrogen-bond acceptors (Lipinski definition) is 4. The van der Waals surface area contributed by atoms with Gasteiger partial charge >= 0.3 is 0 Å². The monoisotopic (exact) mass is 717 g/mol. The Bertz CT molecular complexity index is 3160. The van der Waals surface area contributed by atoms with Gasteiger partial charge in [0.05, 0.1) is 0 Å². The van der Waals surface area contributed by atoms with Crippen molar-refractivity contribution in [3.8, 4) is 67.5 Å². The maximum atomic E-state index is 6.79. The van der Waals surface area contributed by atoms with Crippen molar-refractivity contribution in [1.29, 1.82) is 0 Å². The van der Waals surface area contributed by atoms with Crippen LogP contribution in [0.3, 0.4) is 0 Å². The van der Waals surface area contributed by atoms with Gasteiger partial charge in [-0.1, -0.05) is 159 Å². The molecular weight excluding hydrogens is 683 g/mol. The largest absolute Gasteiger partial charge is 0.456 e. The predicted octanol–water partition coefficient (Wildman–Crippen LogP) is 13.6. The molecule has 2 heterocycles. The smallest absolute Gasteiger partial charge is 0.164 e. The molecule has 4 nitrogen and oxygen atoms in total. The lowest BCUT2D eigenvalue weighted by atomic mass is 9.81. The van der Waals surface area contributed by atoms with Gasteiger partial charge in [0.1, 0.15) is 11.2 Å². The van der Waals surface area contributed by atoms with Crippen LogP contribution in [-0.4, -0.2) is 15.0 Å². The Morgan fingerprint density at radius 2 is 1.02 bits per heavy atom. The lowest BCUT2D eigenvalue weighted by Crippen LogP contribution is -2.14. The van der Waals surface area contributed by atoms with Gasteiger partial charge in [-0.25, -0.2) is 15.0 Å². The molecule has 264 valence electrons. The van der Waals surface area contributed by atoms with Crippen LogP contribution in [0.25, 0.3) is 100 Å². The highest BCUT2D eigenvalue weighted by molar-refractivity contribution is 6.23. The number of furan rings is 1. The number of nitrogens with zero attached hydrogens (tertiary/aromatic N) is 3. The minimum atomic E-state index is -0.147. The van der Waals surface area contributed by atoms with Crippen LogP contribution in [-0.2, 0) is 5.41 Å². The van der Waals surface area contributed by atoms with E-state index in [0.717, 1.165) is 60.9 Å². The van der Waals surface area contributed by atoms with Crippen molar-refractivity contribution in [3.05, 3.63) is 187 Å². The average Bonchev–Trinajstić information content (AvgIpc) is 3.76. The summed E-state index contributed by atoms with van der Waals surface area (Å²) in [6, 6.07) is 61.9. The van der Waals surface area contributed by atoms with Crippen molar-refractivity contribution in [1.82, 2.24) is 15.0 Å². The van der Waals surface area contributed by atoms with Crippen LogP contribution in [0.1, 0.15) is 25.0 Å². The zero-order valence-electron chi connectivity index (χ0n) is 31.0. The number of hydrogen-bond donors (Lipinski definition) is 0. The number of benzene rings is 8. The van der Waals surface area contributed by atoms with Crippen molar-refractivity contribution in [2.75, 3.05) is 0 Å². The maximum absolute atomic E-state index is 6.79. The third-order valence-electron chi connectivity index (χ3n) is 11.5. The Kier molecular flexibility index (Phi) is 7.17. The molecule has 11 rings (SSSR count). The highest BCUT2D eigenvalue weighted by Gasteiger charge is 2.35. The zero-order chi connectivity index (χ0) is 37.4. The lowest BCUT2D eigenvalue weighted by molar-refractivity contribution is 0.660. The third kappa shape index (κ3) is 5.10. The summed E-state index contributed by atoms with van der Waals surface area (Å²) in [5.41, 5.74) is 13.9. The molecule has 2 aromatic heterocycles. The topological polar surface area (TPSA) is 51.8 Å². The molecule has 1 aliphatic rings. The van der Waals surface area contributed by atoms with E-state index in [1.807, 2.05) is 36.4 Å². The van der Waals surface area contributed by atoms with Gasteiger partial charge in [-0.05, 0) is 85.6 Å². The Morgan fingerprint density at radius 3 is 1.84 bits per heavy atom. The fourth-order valence-electron chi connectivity index (χ4n) is 8.71. The molecule has 0 atom stereocenters. The molecule has 56 heavy (non-hydrogen) atoms. The van der Waals surface area contributed by atoms with Crippen molar-refractivity contribution in [3.63, 3.8) is 0 Å². The first-order valence-electron chi connectivity index (χ1n) is 19.1. The predicted molar refractivity (Wildman–Crippen MR) is 229 cm³/mol. The standard InChI is InChI=1S/C52H35N3O/c1-52(2)43-23-12-11-22-40(43)41-26-24-36(30-44(41)52)42-29-38(31-46-48(42)47-39-21-10-9-16-33(39)25-27-45(47)56-46)51-54-49(34-17-7-4-8-18-34)53-50(55-51)37-20-13-19-35(28-37)32-14-5-3-6-15-32/h3-31H,1-2H3. The van der Waals surface area contributed by atoms with Crippen LogP contribution in [0, 0.1) is 0 Å². The second-order valence-electron chi connectivity index (χ2n) is 15.2. The highest BCUT2D eigenvalue weighted by atomic mass is 16.3. The van der Waals surface area contributed by atoms with Crippen molar-refractivity contribution in [2.45, 2.75) is 19.3 Å². The van der Waals surface area contributed by atoms with E-state index >= 15 is 0 Å². The third-order valence-corrected chi connectivity index (χ3v) is 11.5. The minimum absolute atomic E-state index is 0.147. The minimum Gasteiger partial charge on any atom is -0.456 e. The van der Waals surface area contributed by atoms with Crippen LogP contribution in [0.15, 0.2) is 180 Å². The van der Waals surface area contributed by atoms with Crippen molar-refractivity contribution in [2.24, 2.45) is 0 Å². The summed E-state index contributed by atoms with van der Waals surface area (Å²) >= 11 is 0. The van der Waals surface area contributed by atoms with Crippen LogP contribution in [0.4, 0.5) is 0 Å². The number of aromatic nitrogens is 3. The van der Waals surface area contributed by atoms with Gasteiger partial charge in [-0.3, -0.25) is 0 Å². The number of rotatable bonds is 5. The fraction of sp³-hybridized carbons (Fsp3) is 0.0577. The van der Waals surface area contributed by atoms with E-state index in [0.29, 0.717) is 17.5 Å². The van der Waals surface area contributed by atoms with Crippen LogP contribution < -0.4 is 0 Å². The lowest BCUT2D eigenvalue weighted by Gasteiger charge is -2.22. The average molecular weight is 718 g/mol. The van der Waals surface area contributed by atoms with Gasteiger partial charge in [-0.15, -0.1) is 0 Å². The summed E-state index contributed by atoms with van der Waals surface area (Å²) in [5, 5.41) is 4.54. The zero-order valence-corrected chi connectivity index (χ0v) is 31.0. The Labute approximate surface area is 324 Å². The van der Waals surface area contributed by atoms with E-state index in [2.05, 4.69) is 153 Å². The number of fused-ring (bicyclic) bond motifs is 8. The van der Waals surface area contributed by atoms with Crippen molar-refractivity contribution < 1.29 is 4.42 Å². The SMILES string of the molecule is CC1(C)c2ccccc2-c2ccc(-c3cc(-c4nc(-c5ccccc5)nc(-c5cccc(-c6ccccc6)c5)n4)cc4oc5ccc6ccccc6c5c34)cc21. The van der Waals surface area contributed by atoms with Gasteiger partial charge in [0.25, 0.3) is 0 Å². The molecule has 0 saturated heterocycles. The van der Waals surface area contributed by atoms with E-state index in [-0.39, 0.29) is 5.41 Å². The van der Waals surface area contributed by atoms with Gasteiger partial charge in [-0.2, -0.15) is 0 Å². The summed E-state index contributed by atoms with van der Waals surface area (Å²) in [5.74, 6) is 1.81. The molecule has 0 fully saturated rings. The van der Waals surface area contributed by atoms with Gasteiger partial charge in [0.15, 0.2) is 17.5 Å².